The maximum Gasteiger partial charge on any atom is 0.238 e. The molecule has 120 valence electrons. The summed E-state index contributed by atoms with van der Waals surface area (Å²) in [4.78, 5) is 31.1. The molecule has 22 heavy (non-hydrogen) atoms. The zero-order valence-electron chi connectivity index (χ0n) is 13.5. The fraction of sp³-hybridized carbons (Fsp3) is 0.588. The van der Waals surface area contributed by atoms with E-state index in [0.717, 1.165) is 31.5 Å². The molecular weight excluding hydrogens is 278 g/mol. The van der Waals surface area contributed by atoms with Crippen LogP contribution >= 0.6 is 0 Å². The van der Waals surface area contributed by atoms with E-state index in [1.807, 2.05) is 17.0 Å². The zero-order chi connectivity index (χ0) is 16.0. The average Bonchev–Trinajstić information content (AvgIpc) is 3.34. The van der Waals surface area contributed by atoms with Gasteiger partial charge in [-0.05, 0) is 37.3 Å². The molecule has 0 aromatic carbocycles. The Morgan fingerprint density at radius 3 is 2.45 bits per heavy atom. The van der Waals surface area contributed by atoms with E-state index >= 15 is 0 Å². The van der Waals surface area contributed by atoms with E-state index in [1.54, 1.807) is 12.4 Å². The van der Waals surface area contributed by atoms with Crippen LogP contribution < -0.4 is 5.32 Å². The Balaban J connectivity index is 1.97. The summed E-state index contributed by atoms with van der Waals surface area (Å²) in [6.07, 6.45) is 6.58. The van der Waals surface area contributed by atoms with E-state index in [9.17, 15) is 9.59 Å². The number of hydrogen-bond donors (Lipinski definition) is 1. The molecule has 0 radical (unpaired) electrons. The van der Waals surface area contributed by atoms with Gasteiger partial charge in [0.05, 0.1) is 0 Å². The summed E-state index contributed by atoms with van der Waals surface area (Å²) in [5.41, 5.74) is 0.130. The lowest BCUT2D eigenvalue weighted by Gasteiger charge is -2.26. The normalized spacial score (nSPS) is 15.2. The van der Waals surface area contributed by atoms with Gasteiger partial charge in [0.25, 0.3) is 0 Å². The lowest BCUT2D eigenvalue weighted by atomic mass is 10.0. The first-order valence-corrected chi connectivity index (χ1v) is 8.10. The van der Waals surface area contributed by atoms with Gasteiger partial charge < -0.3 is 10.2 Å². The molecule has 0 saturated heterocycles. The smallest absolute Gasteiger partial charge is 0.238 e. The SMILES string of the molecule is CCCN(CCC)C(=O)C1(C(=O)NCc2cccnc2)CC1. The summed E-state index contributed by atoms with van der Waals surface area (Å²) in [7, 11) is 0. The minimum atomic E-state index is -0.813. The van der Waals surface area contributed by atoms with Crippen molar-refractivity contribution in [1.82, 2.24) is 15.2 Å². The van der Waals surface area contributed by atoms with Crippen molar-refractivity contribution in [3.63, 3.8) is 0 Å². The summed E-state index contributed by atoms with van der Waals surface area (Å²) in [6.45, 7) is 5.98. The molecule has 2 rings (SSSR count). The van der Waals surface area contributed by atoms with Gasteiger partial charge in [-0.25, -0.2) is 0 Å². The standard InChI is InChI=1S/C17H25N3O2/c1-3-10-20(11-4-2)16(22)17(7-8-17)15(21)19-13-14-6-5-9-18-12-14/h5-6,9,12H,3-4,7-8,10-11,13H2,1-2H3,(H,19,21). The number of rotatable bonds is 8. The molecule has 0 spiro atoms. The number of carbonyl (C=O) groups excluding carboxylic acids is 2. The summed E-state index contributed by atoms with van der Waals surface area (Å²) < 4.78 is 0. The minimum Gasteiger partial charge on any atom is -0.351 e. The summed E-state index contributed by atoms with van der Waals surface area (Å²) >= 11 is 0. The Bertz CT molecular complexity index is 506. The maximum absolute atomic E-state index is 12.7. The van der Waals surface area contributed by atoms with Gasteiger partial charge in [0.1, 0.15) is 5.41 Å². The number of carbonyl (C=O) groups is 2. The van der Waals surface area contributed by atoms with Crippen molar-refractivity contribution >= 4 is 11.8 Å². The quantitative estimate of drug-likeness (QED) is 0.748. The van der Waals surface area contributed by atoms with E-state index in [2.05, 4.69) is 24.1 Å². The molecule has 5 heteroatoms. The second kappa shape index (κ2) is 7.38. The van der Waals surface area contributed by atoms with Gasteiger partial charge in [0, 0.05) is 32.0 Å². The maximum atomic E-state index is 12.7. The van der Waals surface area contributed by atoms with Crippen molar-refractivity contribution in [2.75, 3.05) is 13.1 Å². The van der Waals surface area contributed by atoms with Gasteiger partial charge in [-0.1, -0.05) is 19.9 Å². The molecule has 1 fully saturated rings. The number of aromatic nitrogens is 1. The Morgan fingerprint density at radius 2 is 1.95 bits per heavy atom. The van der Waals surface area contributed by atoms with Crippen LogP contribution in [0.5, 0.6) is 0 Å². The van der Waals surface area contributed by atoms with Crippen LogP contribution in [0.3, 0.4) is 0 Å². The molecule has 1 aromatic rings. The summed E-state index contributed by atoms with van der Waals surface area (Å²) in [5.74, 6) is -0.140. The molecular formula is C17H25N3O2. The number of hydrogen-bond acceptors (Lipinski definition) is 3. The largest absolute Gasteiger partial charge is 0.351 e. The Morgan fingerprint density at radius 1 is 1.27 bits per heavy atom. The van der Waals surface area contributed by atoms with Crippen molar-refractivity contribution in [3.8, 4) is 0 Å². The topological polar surface area (TPSA) is 62.3 Å². The molecule has 1 heterocycles. The number of nitrogens with zero attached hydrogens (tertiary/aromatic N) is 2. The predicted molar refractivity (Wildman–Crippen MR) is 84.9 cm³/mol. The zero-order valence-corrected chi connectivity index (χ0v) is 13.5. The second-order valence-electron chi connectivity index (χ2n) is 5.92. The lowest BCUT2D eigenvalue weighted by Crippen LogP contribution is -2.45. The molecule has 1 saturated carbocycles. The van der Waals surface area contributed by atoms with Crippen LogP contribution in [0.2, 0.25) is 0 Å². The van der Waals surface area contributed by atoms with Crippen molar-refractivity contribution in [2.24, 2.45) is 5.41 Å². The Hall–Kier alpha value is -1.91. The molecule has 0 aliphatic heterocycles. The molecule has 0 unspecified atom stereocenters. The first-order chi connectivity index (χ1) is 10.6. The highest BCUT2D eigenvalue weighted by molar-refractivity contribution is 6.07. The van der Waals surface area contributed by atoms with Crippen LogP contribution in [0.15, 0.2) is 24.5 Å². The molecule has 1 N–H and O–H groups in total. The average molecular weight is 303 g/mol. The molecule has 0 atom stereocenters. The van der Waals surface area contributed by atoms with E-state index in [4.69, 9.17) is 0 Å². The van der Waals surface area contributed by atoms with Crippen LogP contribution in [0.4, 0.5) is 0 Å². The van der Waals surface area contributed by atoms with Crippen molar-refractivity contribution in [2.45, 2.75) is 46.1 Å². The molecule has 5 nitrogen and oxygen atoms in total. The Labute approximate surface area is 132 Å². The van der Waals surface area contributed by atoms with Crippen molar-refractivity contribution in [1.29, 1.82) is 0 Å². The highest BCUT2D eigenvalue weighted by Gasteiger charge is 2.57. The Kier molecular flexibility index (Phi) is 5.52. The third-order valence-corrected chi connectivity index (χ3v) is 4.04. The fourth-order valence-electron chi connectivity index (χ4n) is 2.67. The fourth-order valence-corrected chi connectivity index (χ4v) is 2.67. The van der Waals surface area contributed by atoms with E-state index < -0.39 is 5.41 Å². The molecule has 2 amide bonds. The van der Waals surface area contributed by atoms with Gasteiger partial charge in [-0.3, -0.25) is 14.6 Å². The van der Waals surface area contributed by atoms with Crippen molar-refractivity contribution < 1.29 is 9.59 Å². The van der Waals surface area contributed by atoms with E-state index in [1.165, 1.54) is 0 Å². The first-order valence-electron chi connectivity index (χ1n) is 8.10. The highest BCUT2D eigenvalue weighted by Crippen LogP contribution is 2.47. The number of pyridine rings is 1. The van der Waals surface area contributed by atoms with Crippen LogP contribution in [-0.4, -0.2) is 34.8 Å². The third kappa shape index (κ3) is 3.64. The van der Waals surface area contributed by atoms with Crippen LogP contribution in [0.25, 0.3) is 0 Å². The molecule has 0 bridgehead atoms. The van der Waals surface area contributed by atoms with E-state index in [0.29, 0.717) is 19.4 Å². The van der Waals surface area contributed by atoms with Crippen LogP contribution in [-0.2, 0) is 16.1 Å². The first kappa shape index (κ1) is 16.5. The number of amides is 2. The minimum absolute atomic E-state index is 0.000105. The molecule has 1 aliphatic carbocycles. The summed E-state index contributed by atoms with van der Waals surface area (Å²) in [5, 5.41) is 2.90. The second-order valence-corrected chi connectivity index (χ2v) is 5.92. The number of nitrogens with one attached hydrogen (secondary N) is 1. The van der Waals surface area contributed by atoms with Crippen molar-refractivity contribution in [3.05, 3.63) is 30.1 Å². The van der Waals surface area contributed by atoms with E-state index in [-0.39, 0.29) is 11.8 Å². The van der Waals surface area contributed by atoms with Gasteiger partial charge >= 0.3 is 0 Å². The molecule has 1 aromatic heterocycles. The van der Waals surface area contributed by atoms with Crippen LogP contribution in [0, 0.1) is 5.41 Å². The van der Waals surface area contributed by atoms with Gasteiger partial charge in [0.2, 0.25) is 11.8 Å². The van der Waals surface area contributed by atoms with Gasteiger partial charge in [-0.15, -0.1) is 0 Å². The lowest BCUT2D eigenvalue weighted by molar-refractivity contribution is -0.144. The van der Waals surface area contributed by atoms with Gasteiger partial charge in [0.15, 0.2) is 0 Å². The molecule has 1 aliphatic rings. The third-order valence-electron chi connectivity index (χ3n) is 4.04. The van der Waals surface area contributed by atoms with Gasteiger partial charge in [-0.2, -0.15) is 0 Å². The monoisotopic (exact) mass is 303 g/mol. The summed E-state index contributed by atoms with van der Waals surface area (Å²) in [6, 6.07) is 3.75. The van der Waals surface area contributed by atoms with Crippen LogP contribution in [0.1, 0.15) is 45.1 Å². The predicted octanol–water partition coefficient (Wildman–Crippen LogP) is 2.13. The highest BCUT2D eigenvalue weighted by atomic mass is 16.2.